The molecule has 0 aliphatic heterocycles. The highest BCUT2D eigenvalue weighted by Gasteiger charge is 2.19. The molecule has 110 valence electrons. The van der Waals surface area contributed by atoms with E-state index in [2.05, 4.69) is 5.32 Å². The van der Waals surface area contributed by atoms with Gasteiger partial charge >= 0.3 is 0 Å². The minimum Gasteiger partial charge on any atom is -0.497 e. The van der Waals surface area contributed by atoms with E-state index in [9.17, 15) is 9.59 Å². The van der Waals surface area contributed by atoms with Crippen molar-refractivity contribution in [2.45, 2.75) is 19.9 Å². The fraction of sp³-hybridized carbons (Fsp3) is 0.429. The molecule has 0 saturated heterocycles. The van der Waals surface area contributed by atoms with Crippen LogP contribution in [-0.2, 0) is 9.59 Å². The molecule has 1 aromatic carbocycles. The lowest BCUT2D eigenvalue weighted by molar-refractivity contribution is -0.124. The fourth-order valence-corrected chi connectivity index (χ4v) is 1.76. The average molecular weight is 279 g/mol. The number of benzene rings is 1. The van der Waals surface area contributed by atoms with Gasteiger partial charge in [-0.25, -0.2) is 0 Å². The van der Waals surface area contributed by atoms with Crippen LogP contribution in [0.25, 0.3) is 0 Å². The van der Waals surface area contributed by atoms with Gasteiger partial charge in [0.05, 0.1) is 19.7 Å². The van der Waals surface area contributed by atoms with Crippen LogP contribution in [0.1, 0.15) is 13.8 Å². The molecular formula is C14H21N3O3. The maximum Gasteiger partial charge on any atom is 0.238 e. The number of anilines is 1. The van der Waals surface area contributed by atoms with E-state index in [1.807, 2.05) is 6.92 Å². The summed E-state index contributed by atoms with van der Waals surface area (Å²) in [5.74, 6) is 0.0924. The average Bonchev–Trinajstić information content (AvgIpc) is 2.44. The van der Waals surface area contributed by atoms with Crippen LogP contribution in [0.15, 0.2) is 24.3 Å². The highest BCUT2D eigenvalue weighted by atomic mass is 16.5. The van der Waals surface area contributed by atoms with Crippen LogP contribution in [0.4, 0.5) is 5.69 Å². The summed E-state index contributed by atoms with van der Waals surface area (Å²) in [6.45, 7) is 4.25. The molecule has 0 aromatic heterocycles. The monoisotopic (exact) mass is 279 g/mol. The zero-order valence-electron chi connectivity index (χ0n) is 12.1. The standard InChI is InChI=1S/C14H21N3O3/c1-4-17(10(2)14(15)19)9-13(18)16-11-5-7-12(20-3)8-6-11/h5-8,10H,4,9H2,1-3H3,(H2,15,19)(H,16,18). The summed E-state index contributed by atoms with van der Waals surface area (Å²) in [6, 6.07) is 6.56. The van der Waals surface area contributed by atoms with Crippen LogP contribution in [0, 0.1) is 0 Å². The third-order valence-corrected chi connectivity index (χ3v) is 3.09. The maximum atomic E-state index is 11.9. The van der Waals surface area contributed by atoms with Crippen LogP contribution in [0.2, 0.25) is 0 Å². The number of likely N-dealkylation sites (N-methyl/N-ethyl adjacent to an activating group) is 1. The number of carbonyl (C=O) groups is 2. The number of hydrogen-bond acceptors (Lipinski definition) is 4. The van der Waals surface area contributed by atoms with Crippen LogP contribution in [-0.4, -0.2) is 43.0 Å². The van der Waals surface area contributed by atoms with Crippen molar-refractivity contribution >= 4 is 17.5 Å². The molecule has 0 radical (unpaired) electrons. The molecule has 0 heterocycles. The molecular weight excluding hydrogens is 258 g/mol. The van der Waals surface area contributed by atoms with Crippen molar-refractivity contribution < 1.29 is 14.3 Å². The van der Waals surface area contributed by atoms with E-state index in [0.717, 1.165) is 5.75 Å². The summed E-state index contributed by atoms with van der Waals surface area (Å²) >= 11 is 0. The first-order valence-electron chi connectivity index (χ1n) is 6.45. The zero-order chi connectivity index (χ0) is 15.1. The van der Waals surface area contributed by atoms with E-state index in [-0.39, 0.29) is 12.5 Å². The number of primary amides is 1. The second kappa shape index (κ2) is 7.49. The smallest absolute Gasteiger partial charge is 0.238 e. The Balaban J connectivity index is 2.59. The van der Waals surface area contributed by atoms with Gasteiger partial charge in [-0.05, 0) is 37.7 Å². The van der Waals surface area contributed by atoms with Crippen molar-refractivity contribution in [3.8, 4) is 5.75 Å². The summed E-state index contributed by atoms with van der Waals surface area (Å²) < 4.78 is 5.04. The van der Waals surface area contributed by atoms with Gasteiger partial charge < -0.3 is 15.8 Å². The van der Waals surface area contributed by atoms with Crippen LogP contribution < -0.4 is 15.8 Å². The van der Waals surface area contributed by atoms with Crippen molar-refractivity contribution in [1.82, 2.24) is 4.90 Å². The van der Waals surface area contributed by atoms with E-state index in [1.54, 1.807) is 43.2 Å². The second-order valence-electron chi connectivity index (χ2n) is 4.42. The molecule has 1 rings (SSSR count). The molecule has 1 unspecified atom stereocenters. The van der Waals surface area contributed by atoms with Gasteiger partial charge in [0.15, 0.2) is 0 Å². The number of nitrogens with one attached hydrogen (secondary N) is 1. The van der Waals surface area contributed by atoms with Gasteiger partial charge in [-0.3, -0.25) is 14.5 Å². The number of ether oxygens (including phenoxy) is 1. The zero-order valence-corrected chi connectivity index (χ0v) is 12.1. The predicted octanol–water partition coefficient (Wildman–Crippen LogP) is 0.829. The van der Waals surface area contributed by atoms with Gasteiger partial charge in [-0.1, -0.05) is 6.92 Å². The number of methoxy groups -OCH3 is 1. The fourth-order valence-electron chi connectivity index (χ4n) is 1.76. The molecule has 6 nitrogen and oxygen atoms in total. The van der Waals surface area contributed by atoms with Crippen LogP contribution in [0.5, 0.6) is 5.75 Å². The van der Waals surface area contributed by atoms with Gasteiger partial charge in [0.1, 0.15) is 5.75 Å². The quantitative estimate of drug-likeness (QED) is 0.774. The minimum absolute atomic E-state index is 0.118. The summed E-state index contributed by atoms with van der Waals surface area (Å²) in [7, 11) is 1.58. The first kappa shape index (κ1) is 16.0. The van der Waals surface area contributed by atoms with E-state index in [0.29, 0.717) is 12.2 Å². The van der Waals surface area contributed by atoms with E-state index in [4.69, 9.17) is 10.5 Å². The lowest BCUT2D eigenvalue weighted by Gasteiger charge is -2.24. The van der Waals surface area contributed by atoms with Crippen molar-refractivity contribution in [1.29, 1.82) is 0 Å². The molecule has 0 saturated carbocycles. The first-order chi connectivity index (χ1) is 9.47. The Morgan fingerprint density at radius 2 is 1.95 bits per heavy atom. The molecule has 0 aliphatic carbocycles. The molecule has 20 heavy (non-hydrogen) atoms. The number of carbonyl (C=O) groups excluding carboxylic acids is 2. The molecule has 0 spiro atoms. The topological polar surface area (TPSA) is 84.7 Å². The number of hydrogen-bond donors (Lipinski definition) is 2. The predicted molar refractivity (Wildman–Crippen MR) is 77.5 cm³/mol. The van der Waals surface area contributed by atoms with Crippen molar-refractivity contribution in [2.24, 2.45) is 5.73 Å². The highest BCUT2D eigenvalue weighted by Crippen LogP contribution is 2.15. The molecule has 1 aromatic rings. The Hall–Kier alpha value is -2.08. The first-order valence-corrected chi connectivity index (χ1v) is 6.45. The third kappa shape index (κ3) is 4.55. The molecule has 0 fully saturated rings. The summed E-state index contributed by atoms with van der Waals surface area (Å²) in [5, 5.41) is 2.76. The van der Waals surface area contributed by atoms with E-state index < -0.39 is 11.9 Å². The molecule has 1 atom stereocenters. The van der Waals surface area contributed by atoms with Gasteiger partial charge in [-0.2, -0.15) is 0 Å². The largest absolute Gasteiger partial charge is 0.497 e. The van der Waals surface area contributed by atoms with Gasteiger partial charge in [0.2, 0.25) is 11.8 Å². The molecule has 0 aliphatic rings. The third-order valence-electron chi connectivity index (χ3n) is 3.09. The molecule has 3 N–H and O–H groups in total. The van der Waals surface area contributed by atoms with Crippen molar-refractivity contribution in [2.75, 3.05) is 25.5 Å². The summed E-state index contributed by atoms with van der Waals surface area (Å²) in [5.41, 5.74) is 5.93. The normalized spacial score (nSPS) is 12.0. The number of amides is 2. The number of nitrogens with two attached hydrogens (primary N) is 1. The van der Waals surface area contributed by atoms with E-state index in [1.165, 1.54) is 0 Å². The molecule has 6 heteroatoms. The van der Waals surface area contributed by atoms with Crippen LogP contribution in [0.3, 0.4) is 0 Å². The van der Waals surface area contributed by atoms with Crippen LogP contribution >= 0.6 is 0 Å². The van der Waals surface area contributed by atoms with Gasteiger partial charge in [0, 0.05) is 5.69 Å². The SMILES string of the molecule is CCN(CC(=O)Nc1ccc(OC)cc1)C(C)C(N)=O. The maximum absolute atomic E-state index is 11.9. The lowest BCUT2D eigenvalue weighted by Crippen LogP contribution is -2.46. The van der Waals surface area contributed by atoms with Gasteiger partial charge in [0.25, 0.3) is 0 Å². The molecule has 2 amide bonds. The Bertz CT molecular complexity index is 459. The summed E-state index contributed by atoms with van der Waals surface area (Å²) in [6.07, 6.45) is 0. The highest BCUT2D eigenvalue weighted by molar-refractivity contribution is 5.92. The van der Waals surface area contributed by atoms with Crippen molar-refractivity contribution in [3.05, 3.63) is 24.3 Å². The van der Waals surface area contributed by atoms with Gasteiger partial charge in [-0.15, -0.1) is 0 Å². The Kier molecular flexibility index (Phi) is 5.99. The van der Waals surface area contributed by atoms with Crippen molar-refractivity contribution in [3.63, 3.8) is 0 Å². The Morgan fingerprint density at radius 3 is 2.40 bits per heavy atom. The summed E-state index contributed by atoms with van der Waals surface area (Å²) in [4.78, 5) is 24.8. The lowest BCUT2D eigenvalue weighted by atomic mass is 10.2. The van der Waals surface area contributed by atoms with E-state index >= 15 is 0 Å². The minimum atomic E-state index is -0.471. The second-order valence-corrected chi connectivity index (χ2v) is 4.42. The molecule has 0 bridgehead atoms. The Morgan fingerprint density at radius 1 is 1.35 bits per heavy atom. The number of rotatable bonds is 7. The number of nitrogens with zero attached hydrogens (tertiary/aromatic N) is 1. The Labute approximate surface area is 118 Å².